The highest BCUT2D eigenvalue weighted by Crippen LogP contribution is 2.19. The molecular weight excluding hydrogens is 388 g/mol. The van der Waals surface area contributed by atoms with Crippen LogP contribution in [-0.4, -0.2) is 58.3 Å². The maximum Gasteiger partial charge on any atom is 0.257 e. The van der Waals surface area contributed by atoms with Crippen molar-refractivity contribution in [1.29, 1.82) is 0 Å². The van der Waals surface area contributed by atoms with E-state index in [0.717, 1.165) is 56.3 Å². The molecule has 1 amide bonds. The number of hydrogen-bond acceptors (Lipinski definition) is 4. The highest BCUT2D eigenvalue weighted by Gasteiger charge is 2.26. The highest BCUT2D eigenvalue weighted by atomic mass is 16.5. The van der Waals surface area contributed by atoms with Crippen LogP contribution in [-0.2, 0) is 13.0 Å². The zero-order chi connectivity index (χ0) is 21.6. The second kappa shape index (κ2) is 9.79. The Balaban J connectivity index is 1.38. The molecule has 1 fully saturated rings. The van der Waals surface area contributed by atoms with Crippen LogP contribution in [0.15, 0.2) is 60.8 Å². The fourth-order valence-corrected chi connectivity index (χ4v) is 4.08. The Morgan fingerprint density at radius 1 is 0.968 bits per heavy atom. The van der Waals surface area contributed by atoms with Gasteiger partial charge >= 0.3 is 0 Å². The van der Waals surface area contributed by atoms with Gasteiger partial charge in [0, 0.05) is 32.7 Å². The first-order chi connectivity index (χ1) is 15.2. The number of nitrogens with zero attached hydrogens (tertiary/aromatic N) is 4. The lowest BCUT2D eigenvalue weighted by molar-refractivity contribution is 0.0627. The van der Waals surface area contributed by atoms with E-state index in [1.54, 1.807) is 6.20 Å². The number of ether oxygens (including phenoxy) is 1. The molecule has 1 aromatic heterocycles. The van der Waals surface area contributed by atoms with Crippen molar-refractivity contribution < 1.29 is 9.53 Å². The summed E-state index contributed by atoms with van der Waals surface area (Å²) in [6.07, 6.45) is 2.48. The zero-order valence-corrected chi connectivity index (χ0v) is 18.3. The Hall–Kier alpha value is -3.12. The summed E-state index contributed by atoms with van der Waals surface area (Å²) < 4.78 is 7.40. The van der Waals surface area contributed by atoms with Gasteiger partial charge in [0.1, 0.15) is 5.75 Å². The lowest BCUT2D eigenvalue weighted by atomic mass is 10.1. The van der Waals surface area contributed by atoms with Gasteiger partial charge in [-0.05, 0) is 43.2 Å². The summed E-state index contributed by atoms with van der Waals surface area (Å²) in [5.41, 5.74) is 3.93. The molecule has 31 heavy (non-hydrogen) atoms. The fraction of sp³-hybridized carbons (Fsp3) is 0.360. The molecule has 0 radical (unpaired) electrons. The molecular formula is C25H30N4O2. The van der Waals surface area contributed by atoms with E-state index in [1.165, 1.54) is 5.56 Å². The summed E-state index contributed by atoms with van der Waals surface area (Å²) in [5.74, 6) is 0.990. The molecule has 4 rings (SSSR count). The molecule has 0 spiro atoms. The number of benzene rings is 2. The molecule has 2 heterocycles. The van der Waals surface area contributed by atoms with E-state index in [0.29, 0.717) is 12.2 Å². The molecule has 0 atom stereocenters. The molecule has 0 saturated carbocycles. The molecule has 0 bridgehead atoms. The average molecular weight is 419 g/mol. The molecule has 1 aliphatic rings. The van der Waals surface area contributed by atoms with Gasteiger partial charge in [-0.15, -0.1) is 0 Å². The van der Waals surface area contributed by atoms with Crippen molar-refractivity contribution in [3.8, 4) is 11.4 Å². The number of hydrogen-bond donors (Lipinski definition) is 0. The predicted molar refractivity (Wildman–Crippen MR) is 122 cm³/mol. The number of carbonyl (C=O) groups excluding carboxylic acids is 1. The molecule has 162 valence electrons. The van der Waals surface area contributed by atoms with Crippen molar-refractivity contribution >= 4 is 5.91 Å². The van der Waals surface area contributed by atoms with Crippen LogP contribution >= 0.6 is 0 Å². The van der Waals surface area contributed by atoms with Crippen molar-refractivity contribution in [3.05, 3.63) is 77.6 Å². The van der Waals surface area contributed by atoms with Gasteiger partial charge in [0.15, 0.2) is 0 Å². The maximum absolute atomic E-state index is 13.2. The Bertz CT molecular complexity index is 990. The molecule has 1 aliphatic heterocycles. The van der Waals surface area contributed by atoms with Gasteiger partial charge in [0.05, 0.1) is 29.7 Å². The number of piperazine rings is 1. The number of para-hydroxylation sites is 1. The third kappa shape index (κ3) is 4.80. The summed E-state index contributed by atoms with van der Waals surface area (Å²) in [5, 5.41) is 4.51. The molecule has 0 unspecified atom stereocenters. The van der Waals surface area contributed by atoms with Crippen molar-refractivity contribution in [1.82, 2.24) is 19.6 Å². The molecule has 6 heteroatoms. The molecule has 6 nitrogen and oxygen atoms in total. The van der Waals surface area contributed by atoms with Crippen molar-refractivity contribution in [3.63, 3.8) is 0 Å². The van der Waals surface area contributed by atoms with E-state index in [9.17, 15) is 4.79 Å². The summed E-state index contributed by atoms with van der Waals surface area (Å²) >= 11 is 0. The van der Waals surface area contributed by atoms with Crippen LogP contribution < -0.4 is 4.74 Å². The quantitative estimate of drug-likeness (QED) is 0.586. The molecule has 1 saturated heterocycles. The SMILES string of the molecule is CCOc1ccc(CN2CCN(C(=O)c3cnn(-c4ccccc4)c3CC)CC2)cc1. The average Bonchev–Trinajstić information content (AvgIpc) is 3.25. The van der Waals surface area contributed by atoms with Crippen LogP contribution in [0, 0.1) is 0 Å². The largest absolute Gasteiger partial charge is 0.494 e. The van der Waals surface area contributed by atoms with Crippen LogP contribution in [0.4, 0.5) is 0 Å². The lowest BCUT2D eigenvalue weighted by Crippen LogP contribution is -2.48. The van der Waals surface area contributed by atoms with E-state index < -0.39 is 0 Å². The number of carbonyl (C=O) groups is 1. The standard InChI is InChI=1S/C25H30N4O2/c1-3-24-23(18-26-29(24)21-8-6-5-7-9-21)25(30)28-16-14-27(15-17-28)19-20-10-12-22(13-11-20)31-4-2/h5-13,18H,3-4,14-17,19H2,1-2H3. The van der Waals surface area contributed by atoms with Gasteiger partial charge < -0.3 is 9.64 Å². The smallest absolute Gasteiger partial charge is 0.257 e. The normalized spacial score (nSPS) is 14.6. The Morgan fingerprint density at radius 3 is 2.32 bits per heavy atom. The topological polar surface area (TPSA) is 50.6 Å². The van der Waals surface area contributed by atoms with E-state index in [2.05, 4.69) is 29.1 Å². The summed E-state index contributed by atoms with van der Waals surface area (Å²) in [6.45, 7) is 8.83. The van der Waals surface area contributed by atoms with Gasteiger partial charge in [-0.1, -0.05) is 37.3 Å². The maximum atomic E-state index is 13.2. The second-order valence-corrected chi connectivity index (χ2v) is 7.75. The third-order valence-corrected chi connectivity index (χ3v) is 5.73. The van der Waals surface area contributed by atoms with E-state index >= 15 is 0 Å². The minimum absolute atomic E-state index is 0.0831. The van der Waals surface area contributed by atoms with Gasteiger partial charge in [-0.3, -0.25) is 9.69 Å². The minimum atomic E-state index is 0.0831. The van der Waals surface area contributed by atoms with Gasteiger partial charge in [-0.2, -0.15) is 5.10 Å². The van der Waals surface area contributed by atoms with Crippen molar-refractivity contribution in [2.75, 3.05) is 32.8 Å². The summed E-state index contributed by atoms with van der Waals surface area (Å²) in [6, 6.07) is 18.3. The monoisotopic (exact) mass is 418 g/mol. The Labute approximate surface area is 184 Å². The van der Waals surface area contributed by atoms with E-state index in [1.807, 2.05) is 59.0 Å². The minimum Gasteiger partial charge on any atom is -0.494 e. The summed E-state index contributed by atoms with van der Waals surface area (Å²) in [7, 11) is 0. The van der Waals surface area contributed by atoms with Gasteiger partial charge in [0.2, 0.25) is 0 Å². The van der Waals surface area contributed by atoms with Crippen molar-refractivity contribution in [2.45, 2.75) is 26.8 Å². The van der Waals surface area contributed by atoms with Crippen molar-refractivity contribution in [2.24, 2.45) is 0 Å². The van der Waals surface area contributed by atoms with Gasteiger partial charge in [0.25, 0.3) is 5.91 Å². The molecule has 3 aromatic rings. The second-order valence-electron chi connectivity index (χ2n) is 7.75. The Kier molecular flexibility index (Phi) is 6.67. The van der Waals surface area contributed by atoms with E-state index in [-0.39, 0.29) is 5.91 Å². The van der Waals surface area contributed by atoms with Gasteiger partial charge in [-0.25, -0.2) is 4.68 Å². The number of amides is 1. The first-order valence-corrected chi connectivity index (χ1v) is 11.0. The summed E-state index contributed by atoms with van der Waals surface area (Å²) in [4.78, 5) is 17.6. The van der Waals surface area contributed by atoms with Crippen LogP contribution in [0.1, 0.15) is 35.5 Å². The van der Waals surface area contributed by atoms with Crippen LogP contribution in [0.25, 0.3) is 5.69 Å². The predicted octanol–water partition coefficient (Wildman–Crippen LogP) is 3.79. The first kappa shape index (κ1) is 21.1. The number of rotatable bonds is 7. The number of aromatic nitrogens is 2. The van der Waals surface area contributed by atoms with E-state index in [4.69, 9.17) is 4.74 Å². The third-order valence-electron chi connectivity index (χ3n) is 5.73. The molecule has 2 aromatic carbocycles. The Morgan fingerprint density at radius 2 is 1.68 bits per heavy atom. The zero-order valence-electron chi connectivity index (χ0n) is 18.3. The van der Waals surface area contributed by atoms with Crippen LogP contribution in [0.5, 0.6) is 5.75 Å². The lowest BCUT2D eigenvalue weighted by Gasteiger charge is -2.34. The highest BCUT2D eigenvalue weighted by molar-refractivity contribution is 5.95. The van der Waals surface area contributed by atoms with Crippen LogP contribution in [0.2, 0.25) is 0 Å². The van der Waals surface area contributed by atoms with Crippen LogP contribution in [0.3, 0.4) is 0 Å². The fourth-order valence-electron chi connectivity index (χ4n) is 4.08. The first-order valence-electron chi connectivity index (χ1n) is 11.0. The molecule has 0 aliphatic carbocycles. The molecule has 0 N–H and O–H groups in total.